The van der Waals surface area contributed by atoms with Gasteiger partial charge >= 0.3 is 0 Å². The summed E-state index contributed by atoms with van der Waals surface area (Å²) in [6, 6.07) is 18.8. The minimum absolute atomic E-state index is 0.690. The summed E-state index contributed by atoms with van der Waals surface area (Å²) in [6.07, 6.45) is 7.31. The highest BCUT2D eigenvalue weighted by Crippen LogP contribution is 2.40. The first-order valence-corrected chi connectivity index (χ1v) is 10.2. The molecule has 0 bridgehead atoms. The second-order valence-electron chi connectivity index (χ2n) is 6.98. The van der Waals surface area contributed by atoms with Crippen LogP contribution in [0.15, 0.2) is 60.9 Å². The molecule has 4 heteroatoms. The summed E-state index contributed by atoms with van der Waals surface area (Å²) < 4.78 is 6.18. The lowest BCUT2D eigenvalue weighted by molar-refractivity contribution is 0.467. The van der Waals surface area contributed by atoms with Crippen LogP contribution >= 0.6 is 11.3 Å². The molecule has 3 nitrogen and oxygen atoms in total. The van der Waals surface area contributed by atoms with E-state index in [2.05, 4.69) is 46.4 Å². The number of hydrogen-bond donors (Lipinski definition) is 0. The monoisotopic (exact) mass is 372 g/mol. The van der Waals surface area contributed by atoms with E-state index in [-0.39, 0.29) is 0 Å². The third-order valence-corrected chi connectivity index (χ3v) is 6.31. The van der Waals surface area contributed by atoms with Crippen molar-refractivity contribution < 1.29 is 4.74 Å². The highest BCUT2D eigenvalue weighted by Gasteiger charge is 2.20. The van der Waals surface area contributed by atoms with Gasteiger partial charge in [0.1, 0.15) is 16.9 Å². The molecule has 0 saturated carbocycles. The molecule has 2 aromatic carbocycles. The van der Waals surface area contributed by atoms with Crippen molar-refractivity contribution in [3.63, 3.8) is 0 Å². The van der Waals surface area contributed by atoms with Crippen LogP contribution in [0.3, 0.4) is 0 Å². The van der Waals surface area contributed by atoms with E-state index in [4.69, 9.17) is 4.74 Å². The van der Waals surface area contributed by atoms with Crippen molar-refractivity contribution in [2.45, 2.75) is 32.1 Å². The predicted molar refractivity (Wildman–Crippen MR) is 110 cm³/mol. The van der Waals surface area contributed by atoms with E-state index in [0.29, 0.717) is 5.88 Å². The van der Waals surface area contributed by atoms with Crippen molar-refractivity contribution >= 4 is 21.6 Å². The molecule has 0 N–H and O–H groups in total. The molecule has 5 rings (SSSR count). The summed E-state index contributed by atoms with van der Waals surface area (Å²) in [4.78, 5) is 11.4. The second-order valence-corrected chi connectivity index (χ2v) is 8.06. The topological polar surface area (TPSA) is 35.0 Å². The van der Waals surface area contributed by atoms with Crippen LogP contribution in [0, 0.1) is 0 Å². The third-order valence-electron chi connectivity index (χ3n) is 5.11. The highest BCUT2D eigenvalue weighted by atomic mass is 32.1. The zero-order valence-electron chi connectivity index (χ0n) is 15.0. The van der Waals surface area contributed by atoms with Gasteiger partial charge in [0.05, 0.1) is 5.39 Å². The maximum absolute atomic E-state index is 6.18. The molecule has 0 atom stereocenters. The molecule has 1 aliphatic carbocycles. The molecule has 0 radical (unpaired) electrons. The number of nitrogens with zero attached hydrogens (tertiary/aromatic N) is 2. The Morgan fingerprint density at radius 2 is 1.63 bits per heavy atom. The van der Waals surface area contributed by atoms with E-state index in [0.717, 1.165) is 35.2 Å². The number of benzene rings is 2. The Kier molecular flexibility index (Phi) is 4.34. The van der Waals surface area contributed by atoms with E-state index in [1.165, 1.54) is 34.4 Å². The Hall–Kier alpha value is -2.72. The van der Waals surface area contributed by atoms with Crippen LogP contribution in [0.2, 0.25) is 0 Å². The molecule has 0 unspecified atom stereocenters. The summed E-state index contributed by atoms with van der Waals surface area (Å²) in [7, 11) is 0. The van der Waals surface area contributed by atoms with E-state index < -0.39 is 0 Å². The van der Waals surface area contributed by atoms with Crippen LogP contribution in [0.4, 0.5) is 0 Å². The Bertz CT molecular complexity index is 1070. The average Bonchev–Trinajstić information content (AvgIpc) is 3.10. The molecule has 4 aromatic rings. The maximum Gasteiger partial charge on any atom is 0.231 e. The number of thiophene rings is 1. The fraction of sp³-hybridized carbons (Fsp3) is 0.217. The van der Waals surface area contributed by atoms with Crippen molar-refractivity contribution in [2.24, 2.45) is 0 Å². The smallest absolute Gasteiger partial charge is 0.231 e. The normalized spacial score (nSPS) is 13.5. The molecule has 1 aliphatic rings. The molecule has 0 amide bonds. The summed E-state index contributed by atoms with van der Waals surface area (Å²) in [5, 5.41) is 1.12. The molecule has 0 fully saturated rings. The SMILES string of the molecule is c1ccc(Cc2ccc(Oc3ncnc4sc5c(c34)CCCC5)cc2)cc1. The van der Waals surface area contributed by atoms with Crippen LogP contribution in [0.25, 0.3) is 10.2 Å². The standard InChI is InChI=1S/C23H20N2OS/c1-2-6-16(7-3-1)14-17-10-12-18(13-11-17)26-22-21-19-8-4-5-9-20(19)27-23(21)25-15-24-22/h1-3,6-7,10-13,15H,4-5,8-9,14H2. The van der Waals surface area contributed by atoms with E-state index in [1.54, 1.807) is 17.7 Å². The van der Waals surface area contributed by atoms with Crippen molar-refractivity contribution in [1.29, 1.82) is 0 Å². The minimum Gasteiger partial charge on any atom is -0.438 e. The Morgan fingerprint density at radius 1 is 0.852 bits per heavy atom. The zero-order chi connectivity index (χ0) is 18.1. The largest absolute Gasteiger partial charge is 0.438 e. The predicted octanol–water partition coefficient (Wildman–Crippen LogP) is 5.95. The van der Waals surface area contributed by atoms with Crippen molar-refractivity contribution in [1.82, 2.24) is 9.97 Å². The first kappa shape index (κ1) is 16.5. The van der Waals surface area contributed by atoms with Crippen LogP contribution in [0.5, 0.6) is 11.6 Å². The summed E-state index contributed by atoms with van der Waals surface area (Å²) in [5.74, 6) is 1.51. The van der Waals surface area contributed by atoms with Crippen molar-refractivity contribution in [3.8, 4) is 11.6 Å². The molecular formula is C23H20N2OS. The van der Waals surface area contributed by atoms with Crippen LogP contribution < -0.4 is 4.74 Å². The van der Waals surface area contributed by atoms with E-state index >= 15 is 0 Å². The number of rotatable bonds is 4. The maximum atomic E-state index is 6.18. The van der Waals surface area contributed by atoms with E-state index in [1.807, 2.05) is 18.2 Å². The van der Waals surface area contributed by atoms with Gasteiger partial charge in [-0.05, 0) is 60.9 Å². The van der Waals surface area contributed by atoms with Gasteiger partial charge in [0.25, 0.3) is 0 Å². The third kappa shape index (κ3) is 3.33. The van der Waals surface area contributed by atoms with E-state index in [9.17, 15) is 0 Å². The zero-order valence-corrected chi connectivity index (χ0v) is 15.8. The molecule has 2 aromatic heterocycles. The van der Waals surface area contributed by atoms with Crippen molar-refractivity contribution in [2.75, 3.05) is 0 Å². The molecular weight excluding hydrogens is 352 g/mol. The number of ether oxygens (including phenoxy) is 1. The molecule has 0 saturated heterocycles. The number of aromatic nitrogens is 2. The fourth-order valence-electron chi connectivity index (χ4n) is 3.76. The van der Waals surface area contributed by atoms with Crippen LogP contribution in [-0.2, 0) is 19.3 Å². The van der Waals surface area contributed by atoms with Crippen LogP contribution in [-0.4, -0.2) is 9.97 Å². The van der Waals surface area contributed by atoms with Gasteiger partial charge in [-0.25, -0.2) is 9.97 Å². The molecule has 0 aliphatic heterocycles. The van der Waals surface area contributed by atoms with Crippen LogP contribution in [0.1, 0.15) is 34.4 Å². The lowest BCUT2D eigenvalue weighted by Gasteiger charge is -2.12. The Morgan fingerprint density at radius 3 is 2.48 bits per heavy atom. The Labute approximate surface area is 162 Å². The first-order chi connectivity index (χ1) is 13.4. The lowest BCUT2D eigenvalue weighted by atomic mass is 9.97. The highest BCUT2D eigenvalue weighted by molar-refractivity contribution is 7.18. The van der Waals surface area contributed by atoms with Gasteiger partial charge in [0.15, 0.2) is 0 Å². The van der Waals surface area contributed by atoms with Gasteiger partial charge in [-0.15, -0.1) is 11.3 Å². The first-order valence-electron chi connectivity index (χ1n) is 9.43. The Balaban J connectivity index is 1.41. The quantitative estimate of drug-likeness (QED) is 0.444. The number of hydrogen-bond acceptors (Lipinski definition) is 4. The van der Waals surface area contributed by atoms with Crippen molar-refractivity contribution in [3.05, 3.63) is 82.5 Å². The number of fused-ring (bicyclic) bond motifs is 3. The fourth-order valence-corrected chi connectivity index (χ4v) is 4.98. The van der Waals surface area contributed by atoms with Gasteiger partial charge in [-0.3, -0.25) is 0 Å². The second kappa shape index (κ2) is 7.12. The summed E-state index contributed by atoms with van der Waals surface area (Å²) >= 11 is 1.80. The minimum atomic E-state index is 0.690. The van der Waals surface area contributed by atoms with Gasteiger partial charge in [0, 0.05) is 4.88 Å². The summed E-state index contributed by atoms with van der Waals surface area (Å²) in [5.41, 5.74) is 3.99. The summed E-state index contributed by atoms with van der Waals surface area (Å²) in [6.45, 7) is 0. The van der Waals surface area contributed by atoms with Gasteiger partial charge < -0.3 is 4.74 Å². The van der Waals surface area contributed by atoms with Gasteiger partial charge in [-0.2, -0.15) is 0 Å². The lowest BCUT2D eigenvalue weighted by Crippen LogP contribution is -1.99. The van der Waals surface area contributed by atoms with Gasteiger partial charge in [0.2, 0.25) is 5.88 Å². The molecule has 2 heterocycles. The molecule has 27 heavy (non-hydrogen) atoms. The average molecular weight is 372 g/mol. The number of aryl methyl sites for hydroxylation is 2. The van der Waals surface area contributed by atoms with Gasteiger partial charge in [-0.1, -0.05) is 42.5 Å². The molecule has 134 valence electrons. The molecule has 0 spiro atoms.